The number of anilines is 1. The summed E-state index contributed by atoms with van der Waals surface area (Å²) >= 11 is 0. The van der Waals surface area contributed by atoms with Gasteiger partial charge < -0.3 is 15.0 Å². The number of hydrogen-bond acceptors (Lipinski definition) is 5. The quantitative estimate of drug-likeness (QED) is 0.592. The average molecular weight is 407 g/mol. The van der Waals surface area contributed by atoms with Crippen LogP contribution in [0, 0.1) is 5.92 Å². The first-order valence-electron chi connectivity index (χ1n) is 10.7. The van der Waals surface area contributed by atoms with Gasteiger partial charge in [-0.15, -0.1) is 0 Å². The zero-order valence-electron chi connectivity index (χ0n) is 17.9. The number of hydrogen-bond donors (Lipinski definition) is 2. The first-order chi connectivity index (χ1) is 14.5. The molecule has 6 heteroatoms. The summed E-state index contributed by atoms with van der Waals surface area (Å²) in [5, 5.41) is 4.61. The molecule has 1 aliphatic rings. The van der Waals surface area contributed by atoms with Gasteiger partial charge in [0.05, 0.1) is 11.8 Å². The average Bonchev–Trinajstić information content (AvgIpc) is 3.20. The van der Waals surface area contributed by atoms with Gasteiger partial charge in [-0.1, -0.05) is 37.3 Å². The van der Waals surface area contributed by atoms with Crippen LogP contribution < -0.4 is 5.32 Å². The Bertz CT molecular complexity index is 999. The maximum atomic E-state index is 12.7. The first-order valence-corrected chi connectivity index (χ1v) is 10.7. The molecule has 0 saturated carbocycles. The van der Waals surface area contributed by atoms with E-state index in [-0.39, 0.29) is 18.1 Å². The fourth-order valence-corrected chi connectivity index (χ4v) is 4.09. The second kappa shape index (κ2) is 8.88. The Labute approximate surface area is 177 Å². The third-order valence-corrected chi connectivity index (χ3v) is 5.77. The van der Waals surface area contributed by atoms with Gasteiger partial charge in [0.15, 0.2) is 0 Å². The number of aromatic amines is 1. The highest BCUT2D eigenvalue weighted by Gasteiger charge is 2.28. The summed E-state index contributed by atoms with van der Waals surface area (Å²) in [7, 11) is 0. The molecule has 0 radical (unpaired) electrons. The van der Waals surface area contributed by atoms with Crippen molar-refractivity contribution in [3.8, 4) is 0 Å². The lowest BCUT2D eigenvalue weighted by Gasteiger charge is -2.38. The number of nitrogens with one attached hydrogen (secondary N) is 2. The zero-order chi connectivity index (χ0) is 21.1. The molecule has 0 spiro atoms. The summed E-state index contributed by atoms with van der Waals surface area (Å²) in [6.07, 6.45) is 4.40. The predicted molar refractivity (Wildman–Crippen MR) is 120 cm³/mol. The molecule has 6 nitrogen and oxygen atoms in total. The van der Waals surface area contributed by atoms with E-state index < -0.39 is 0 Å². The molecule has 2 atom stereocenters. The van der Waals surface area contributed by atoms with Crippen LogP contribution in [0.3, 0.4) is 0 Å². The van der Waals surface area contributed by atoms with Crippen LogP contribution in [0.15, 0.2) is 48.8 Å². The van der Waals surface area contributed by atoms with Crippen molar-refractivity contribution >= 4 is 22.7 Å². The summed E-state index contributed by atoms with van der Waals surface area (Å²) in [5.74, 6) is 0.154. The van der Waals surface area contributed by atoms with Gasteiger partial charge in [0.25, 0.3) is 0 Å². The van der Waals surface area contributed by atoms with Gasteiger partial charge in [-0.05, 0) is 44.4 Å². The van der Waals surface area contributed by atoms with E-state index in [4.69, 9.17) is 4.74 Å². The number of benzene rings is 1. The second-order valence-corrected chi connectivity index (χ2v) is 8.48. The fraction of sp³-hybridized carbons (Fsp3) is 0.417. The SMILES string of the molecule is CC(C)OC(=O)c1cnc2[nH]ccc2c1N[C@H]1CN(Cc2ccccc2)CC[C@H]1C. The molecule has 0 unspecified atom stereocenters. The van der Waals surface area contributed by atoms with Gasteiger partial charge >= 0.3 is 5.97 Å². The van der Waals surface area contributed by atoms with Crippen LogP contribution >= 0.6 is 0 Å². The van der Waals surface area contributed by atoms with Crippen LogP contribution in [0.25, 0.3) is 11.0 Å². The van der Waals surface area contributed by atoms with Crippen LogP contribution in [0.5, 0.6) is 0 Å². The van der Waals surface area contributed by atoms with E-state index in [2.05, 4.69) is 57.4 Å². The molecule has 1 aliphatic heterocycles. The van der Waals surface area contributed by atoms with E-state index in [0.29, 0.717) is 11.5 Å². The maximum absolute atomic E-state index is 12.7. The van der Waals surface area contributed by atoms with Gasteiger partial charge in [-0.3, -0.25) is 4.90 Å². The van der Waals surface area contributed by atoms with Gasteiger partial charge in [-0.25, -0.2) is 9.78 Å². The number of aromatic nitrogens is 2. The number of fused-ring (bicyclic) bond motifs is 1. The van der Waals surface area contributed by atoms with Crippen molar-refractivity contribution in [1.82, 2.24) is 14.9 Å². The Morgan fingerprint density at radius 3 is 2.87 bits per heavy atom. The van der Waals surface area contributed by atoms with Crippen molar-refractivity contribution in [2.24, 2.45) is 5.92 Å². The van der Waals surface area contributed by atoms with Crippen LogP contribution in [0.2, 0.25) is 0 Å². The first kappa shape index (κ1) is 20.4. The number of carbonyl (C=O) groups is 1. The summed E-state index contributed by atoms with van der Waals surface area (Å²) < 4.78 is 5.48. The molecule has 0 aliphatic carbocycles. The number of rotatable bonds is 6. The van der Waals surface area contributed by atoms with E-state index in [9.17, 15) is 4.79 Å². The number of likely N-dealkylation sites (tertiary alicyclic amines) is 1. The van der Waals surface area contributed by atoms with Gasteiger partial charge in [0.2, 0.25) is 0 Å². The third kappa shape index (κ3) is 4.49. The molecule has 4 rings (SSSR count). The van der Waals surface area contributed by atoms with Crippen molar-refractivity contribution in [1.29, 1.82) is 0 Å². The van der Waals surface area contributed by atoms with Gasteiger partial charge in [0.1, 0.15) is 11.2 Å². The van der Waals surface area contributed by atoms with E-state index in [0.717, 1.165) is 42.8 Å². The summed E-state index contributed by atoms with van der Waals surface area (Å²) in [6.45, 7) is 8.92. The Kier molecular flexibility index (Phi) is 6.04. The van der Waals surface area contributed by atoms with Crippen molar-refractivity contribution < 1.29 is 9.53 Å². The van der Waals surface area contributed by atoms with Crippen molar-refractivity contribution in [3.63, 3.8) is 0 Å². The zero-order valence-corrected chi connectivity index (χ0v) is 17.9. The van der Waals surface area contributed by atoms with Crippen molar-refractivity contribution in [2.75, 3.05) is 18.4 Å². The number of esters is 1. The number of carbonyl (C=O) groups excluding carboxylic acids is 1. The second-order valence-electron chi connectivity index (χ2n) is 8.48. The monoisotopic (exact) mass is 406 g/mol. The van der Waals surface area contributed by atoms with E-state index >= 15 is 0 Å². The topological polar surface area (TPSA) is 70.2 Å². The van der Waals surface area contributed by atoms with Gasteiger partial charge in [0, 0.05) is 36.9 Å². The molecule has 158 valence electrons. The Hall–Kier alpha value is -2.86. The summed E-state index contributed by atoms with van der Waals surface area (Å²) in [5.41, 5.74) is 3.39. The number of H-pyrrole nitrogens is 1. The predicted octanol–water partition coefficient (Wildman–Crippen LogP) is 4.45. The van der Waals surface area contributed by atoms with Crippen molar-refractivity contribution in [2.45, 2.75) is 45.9 Å². The van der Waals surface area contributed by atoms with Crippen LogP contribution in [-0.2, 0) is 11.3 Å². The molecular formula is C24H30N4O2. The standard InChI is InChI=1S/C24H30N4O2/c1-16(2)30-24(29)20-13-26-23-19(9-11-25-23)22(20)27-21-15-28(12-10-17(21)3)14-18-7-5-4-6-8-18/h4-9,11,13,16-17,21H,10,12,14-15H2,1-3H3,(H2,25,26,27)/t17-,21+/m1/s1. The number of piperidine rings is 1. The van der Waals surface area contributed by atoms with Crippen LogP contribution in [0.1, 0.15) is 43.1 Å². The van der Waals surface area contributed by atoms with Crippen LogP contribution in [0.4, 0.5) is 5.69 Å². The maximum Gasteiger partial charge on any atom is 0.342 e. The molecular weight excluding hydrogens is 376 g/mol. The highest BCUT2D eigenvalue weighted by Crippen LogP contribution is 2.30. The van der Waals surface area contributed by atoms with E-state index in [1.807, 2.05) is 26.1 Å². The van der Waals surface area contributed by atoms with Crippen LogP contribution in [-0.4, -0.2) is 46.1 Å². The Balaban J connectivity index is 1.58. The minimum atomic E-state index is -0.340. The lowest BCUT2D eigenvalue weighted by molar-refractivity contribution is 0.0378. The normalized spacial score (nSPS) is 19.9. The molecule has 0 amide bonds. The lowest BCUT2D eigenvalue weighted by Crippen LogP contribution is -2.46. The number of pyridine rings is 1. The third-order valence-electron chi connectivity index (χ3n) is 5.77. The number of ether oxygens (including phenoxy) is 1. The number of nitrogens with zero attached hydrogens (tertiary/aromatic N) is 2. The minimum Gasteiger partial charge on any atom is -0.459 e. The van der Waals surface area contributed by atoms with E-state index in [1.165, 1.54) is 5.56 Å². The molecule has 1 aromatic carbocycles. The minimum absolute atomic E-state index is 0.178. The molecule has 30 heavy (non-hydrogen) atoms. The Morgan fingerprint density at radius 2 is 2.10 bits per heavy atom. The summed E-state index contributed by atoms with van der Waals surface area (Å²) in [4.78, 5) is 22.8. The molecule has 1 saturated heterocycles. The smallest absolute Gasteiger partial charge is 0.342 e. The Morgan fingerprint density at radius 1 is 1.30 bits per heavy atom. The molecule has 3 heterocycles. The summed E-state index contributed by atoms with van der Waals surface area (Å²) in [6, 6.07) is 12.8. The molecule has 1 fully saturated rings. The van der Waals surface area contributed by atoms with Gasteiger partial charge in [-0.2, -0.15) is 0 Å². The van der Waals surface area contributed by atoms with E-state index in [1.54, 1.807) is 6.20 Å². The highest BCUT2D eigenvalue weighted by atomic mass is 16.5. The largest absolute Gasteiger partial charge is 0.459 e. The molecule has 3 aromatic rings. The lowest BCUT2D eigenvalue weighted by atomic mass is 9.92. The molecule has 2 N–H and O–H groups in total. The van der Waals surface area contributed by atoms with Crippen molar-refractivity contribution in [3.05, 3.63) is 59.9 Å². The molecule has 0 bridgehead atoms. The fourth-order valence-electron chi connectivity index (χ4n) is 4.09. The highest BCUT2D eigenvalue weighted by molar-refractivity contribution is 6.04. The molecule has 2 aromatic heterocycles.